The maximum atomic E-state index is 13.0. The lowest BCUT2D eigenvalue weighted by Crippen LogP contribution is -2.46. The highest BCUT2D eigenvalue weighted by molar-refractivity contribution is 7.15. The lowest BCUT2D eigenvalue weighted by Gasteiger charge is -2.44. The monoisotopic (exact) mass is 506 g/mol. The van der Waals surface area contributed by atoms with Gasteiger partial charge in [0.25, 0.3) is 0 Å². The van der Waals surface area contributed by atoms with Gasteiger partial charge >= 0.3 is 6.18 Å². The number of primary amides is 1. The van der Waals surface area contributed by atoms with E-state index in [0.29, 0.717) is 40.7 Å². The molecular weight excluding hydrogens is 481 g/mol. The number of anilines is 2. The Bertz CT molecular complexity index is 1260. The summed E-state index contributed by atoms with van der Waals surface area (Å²) in [4.78, 5) is 28.6. The van der Waals surface area contributed by atoms with Crippen molar-refractivity contribution in [3.8, 4) is 10.6 Å². The highest BCUT2D eigenvalue weighted by Gasteiger charge is 2.48. The molecule has 1 amide bonds. The van der Waals surface area contributed by atoms with Crippen LogP contribution in [0.25, 0.3) is 10.6 Å². The third kappa shape index (κ3) is 5.27. The largest absolute Gasteiger partial charge is 0.433 e. The fraction of sp³-hybridized carbons (Fsp3) is 0.435. The first-order chi connectivity index (χ1) is 16.3. The summed E-state index contributed by atoms with van der Waals surface area (Å²) in [5.41, 5.74) is 4.18. The van der Waals surface area contributed by atoms with Gasteiger partial charge in [0.15, 0.2) is 0 Å². The summed E-state index contributed by atoms with van der Waals surface area (Å²) in [5, 5.41) is 14.7. The topological polar surface area (TPSA) is 127 Å². The van der Waals surface area contributed by atoms with Crippen molar-refractivity contribution in [1.29, 1.82) is 0 Å². The number of nitrogens with two attached hydrogens (primary N) is 1. The standard InChI is InChI=1S/C23H25F3N6O2S/c1-12-6-14(31-18(7-12)32-17-8-16(23(24,25)26)29-11-30-17)15-9-28-20(35-15)22(34)5-4-13(19(27)33)21(2,3)10-22/h6-9,11,13,34H,4-5,10H2,1-3H3,(H2,27,33)(H,29,30,31,32). The molecule has 3 aromatic heterocycles. The van der Waals surface area contributed by atoms with Crippen LogP contribution in [-0.4, -0.2) is 30.9 Å². The number of carbonyl (C=O) groups excluding carboxylic acids is 1. The first-order valence-electron chi connectivity index (χ1n) is 10.9. The molecule has 2 atom stereocenters. The number of rotatable bonds is 5. The number of halogens is 3. The van der Waals surface area contributed by atoms with E-state index in [9.17, 15) is 23.1 Å². The first-order valence-corrected chi connectivity index (χ1v) is 11.7. The SMILES string of the molecule is Cc1cc(Nc2cc(C(F)(F)F)ncn2)nc(-c2cnc(C3(O)CCC(C(N)=O)C(C)(C)C3)s2)c1. The number of amides is 1. The minimum Gasteiger partial charge on any atom is -0.383 e. The van der Waals surface area contributed by atoms with Crippen LogP contribution >= 0.6 is 11.3 Å². The summed E-state index contributed by atoms with van der Waals surface area (Å²) in [6.07, 6.45) is -0.974. The lowest BCUT2D eigenvalue weighted by atomic mass is 9.63. The quantitative estimate of drug-likeness (QED) is 0.463. The first kappa shape index (κ1) is 25.0. The van der Waals surface area contributed by atoms with Crippen LogP contribution in [0.3, 0.4) is 0 Å². The van der Waals surface area contributed by atoms with Gasteiger partial charge in [0.2, 0.25) is 5.91 Å². The van der Waals surface area contributed by atoms with E-state index >= 15 is 0 Å². The van der Waals surface area contributed by atoms with Crippen molar-refractivity contribution in [3.63, 3.8) is 0 Å². The predicted octanol–water partition coefficient (Wildman–Crippen LogP) is 4.57. The van der Waals surface area contributed by atoms with Crippen molar-refractivity contribution in [2.75, 3.05) is 5.32 Å². The summed E-state index contributed by atoms with van der Waals surface area (Å²) in [6, 6.07) is 4.32. The van der Waals surface area contributed by atoms with E-state index in [1.165, 1.54) is 11.3 Å². The molecule has 12 heteroatoms. The van der Waals surface area contributed by atoms with E-state index in [1.807, 2.05) is 26.8 Å². The zero-order valence-corrected chi connectivity index (χ0v) is 20.2. The number of nitrogens with zero attached hydrogens (tertiary/aromatic N) is 4. The summed E-state index contributed by atoms with van der Waals surface area (Å²) in [7, 11) is 0. The summed E-state index contributed by atoms with van der Waals surface area (Å²) < 4.78 is 38.9. The number of aromatic nitrogens is 4. The normalized spacial score (nSPS) is 22.1. The molecule has 4 rings (SSSR count). The third-order valence-electron chi connectivity index (χ3n) is 6.22. The van der Waals surface area contributed by atoms with Gasteiger partial charge in [-0.1, -0.05) is 13.8 Å². The number of aryl methyl sites for hydroxylation is 1. The van der Waals surface area contributed by atoms with Gasteiger partial charge in [-0.15, -0.1) is 11.3 Å². The van der Waals surface area contributed by atoms with Gasteiger partial charge in [0.05, 0.1) is 10.6 Å². The van der Waals surface area contributed by atoms with Crippen LogP contribution in [0.4, 0.5) is 24.8 Å². The second-order valence-corrected chi connectivity index (χ2v) is 10.6. The zero-order valence-electron chi connectivity index (χ0n) is 19.3. The van der Waals surface area contributed by atoms with Crippen LogP contribution in [0.5, 0.6) is 0 Å². The number of nitrogens with one attached hydrogen (secondary N) is 1. The van der Waals surface area contributed by atoms with E-state index in [1.54, 1.807) is 12.3 Å². The Morgan fingerprint density at radius 2 is 1.94 bits per heavy atom. The molecular formula is C23H25F3N6O2S. The van der Waals surface area contributed by atoms with E-state index in [2.05, 4.69) is 25.3 Å². The molecule has 1 aliphatic carbocycles. The average molecular weight is 507 g/mol. The van der Waals surface area contributed by atoms with Gasteiger partial charge in [-0.25, -0.2) is 19.9 Å². The Morgan fingerprint density at radius 1 is 1.20 bits per heavy atom. The Balaban J connectivity index is 1.59. The van der Waals surface area contributed by atoms with Gasteiger partial charge < -0.3 is 16.2 Å². The molecule has 0 aromatic carbocycles. The highest BCUT2D eigenvalue weighted by atomic mass is 32.1. The number of aliphatic hydroxyl groups is 1. The van der Waals surface area contributed by atoms with Crippen LogP contribution in [0.1, 0.15) is 49.4 Å². The van der Waals surface area contributed by atoms with Crippen molar-refractivity contribution in [2.45, 2.75) is 51.8 Å². The molecule has 3 heterocycles. The number of thiazole rings is 1. The summed E-state index contributed by atoms with van der Waals surface area (Å²) >= 11 is 1.29. The molecule has 0 spiro atoms. The molecule has 0 bridgehead atoms. The van der Waals surface area contributed by atoms with E-state index in [-0.39, 0.29) is 17.6 Å². The number of hydrogen-bond donors (Lipinski definition) is 3. The molecule has 4 N–H and O–H groups in total. The van der Waals surface area contributed by atoms with Crippen LogP contribution in [0, 0.1) is 18.3 Å². The minimum absolute atomic E-state index is 0.0379. The fourth-order valence-electron chi connectivity index (χ4n) is 4.63. The molecule has 1 saturated carbocycles. The molecule has 3 aromatic rings. The Kier molecular flexibility index (Phi) is 6.30. The Morgan fingerprint density at radius 3 is 2.60 bits per heavy atom. The van der Waals surface area contributed by atoms with Gasteiger partial charge in [-0.2, -0.15) is 13.2 Å². The molecule has 1 aliphatic rings. The van der Waals surface area contributed by atoms with Crippen molar-refractivity contribution in [2.24, 2.45) is 17.1 Å². The third-order valence-corrected chi connectivity index (χ3v) is 7.43. The number of carbonyl (C=O) groups is 1. The summed E-state index contributed by atoms with van der Waals surface area (Å²) in [6.45, 7) is 5.66. The Hall–Kier alpha value is -3.12. The molecule has 1 fully saturated rings. The van der Waals surface area contributed by atoms with Crippen LogP contribution < -0.4 is 11.1 Å². The van der Waals surface area contributed by atoms with Crippen molar-refractivity contribution in [3.05, 3.63) is 47.0 Å². The van der Waals surface area contributed by atoms with Gasteiger partial charge in [0, 0.05) is 18.2 Å². The van der Waals surface area contributed by atoms with Gasteiger partial charge in [0.1, 0.15) is 34.3 Å². The van der Waals surface area contributed by atoms with E-state index in [4.69, 9.17) is 5.73 Å². The smallest absolute Gasteiger partial charge is 0.383 e. The highest BCUT2D eigenvalue weighted by Crippen LogP contribution is 2.50. The zero-order chi connectivity index (χ0) is 25.6. The second-order valence-electron chi connectivity index (χ2n) is 9.55. The average Bonchev–Trinajstić information content (AvgIpc) is 3.23. The van der Waals surface area contributed by atoms with Crippen LogP contribution in [0.2, 0.25) is 0 Å². The maximum absolute atomic E-state index is 13.0. The molecule has 0 aliphatic heterocycles. The number of hydrogen-bond acceptors (Lipinski definition) is 8. The molecule has 35 heavy (non-hydrogen) atoms. The van der Waals surface area contributed by atoms with Gasteiger partial charge in [-0.05, 0) is 49.3 Å². The van der Waals surface area contributed by atoms with E-state index < -0.39 is 22.9 Å². The molecule has 0 radical (unpaired) electrons. The van der Waals surface area contributed by atoms with Crippen molar-refractivity contribution >= 4 is 28.9 Å². The van der Waals surface area contributed by atoms with Crippen LogP contribution in [0.15, 0.2) is 30.7 Å². The minimum atomic E-state index is -4.59. The van der Waals surface area contributed by atoms with E-state index in [0.717, 1.165) is 18.0 Å². The van der Waals surface area contributed by atoms with Gasteiger partial charge in [-0.3, -0.25) is 4.79 Å². The lowest BCUT2D eigenvalue weighted by molar-refractivity contribution is -0.141. The van der Waals surface area contributed by atoms with Crippen LogP contribution in [-0.2, 0) is 16.6 Å². The fourth-order valence-corrected chi connectivity index (χ4v) is 5.62. The number of pyridine rings is 1. The molecule has 2 unspecified atom stereocenters. The Labute approximate surface area is 203 Å². The number of alkyl halides is 3. The second kappa shape index (κ2) is 8.83. The molecule has 8 nitrogen and oxygen atoms in total. The predicted molar refractivity (Wildman–Crippen MR) is 125 cm³/mol. The summed E-state index contributed by atoms with van der Waals surface area (Å²) in [5.74, 6) is -0.423. The van der Waals surface area contributed by atoms with Crippen molar-refractivity contribution < 1.29 is 23.1 Å². The molecule has 0 saturated heterocycles. The van der Waals surface area contributed by atoms with Crippen molar-refractivity contribution in [1.82, 2.24) is 19.9 Å². The molecule has 186 valence electrons. The maximum Gasteiger partial charge on any atom is 0.433 e.